The Bertz CT molecular complexity index is 455. The molecule has 22 heavy (non-hydrogen) atoms. The molecular formula is C18H27NO3. The van der Waals surface area contributed by atoms with Gasteiger partial charge >= 0.3 is 5.97 Å². The maximum absolute atomic E-state index is 10.5. The lowest BCUT2D eigenvalue weighted by Gasteiger charge is -2.21. The van der Waals surface area contributed by atoms with E-state index in [1.54, 1.807) is 0 Å². The minimum Gasteiger partial charge on any atom is -0.494 e. The maximum atomic E-state index is 10.5. The van der Waals surface area contributed by atoms with Gasteiger partial charge in [0.2, 0.25) is 0 Å². The van der Waals surface area contributed by atoms with Crippen LogP contribution in [0.4, 0.5) is 0 Å². The van der Waals surface area contributed by atoms with Gasteiger partial charge in [0.15, 0.2) is 0 Å². The highest BCUT2D eigenvalue weighted by atomic mass is 16.5. The number of carboxylic acids is 1. The number of nitrogens with one attached hydrogen (secondary N) is 1. The Labute approximate surface area is 132 Å². The number of carbonyl (C=O) groups is 1. The smallest absolute Gasteiger partial charge is 0.304 e. The van der Waals surface area contributed by atoms with Crippen molar-refractivity contribution in [3.05, 3.63) is 29.8 Å². The van der Waals surface area contributed by atoms with E-state index in [1.165, 1.54) is 32.1 Å². The van der Waals surface area contributed by atoms with Crippen molar-refractivity contribution in [2.24, 2.45) is 5.92 Å². The maximum Gasteiger partial charge on any atom is 0.304 e. The van der Waals surface area contributed by atoms with Gasteiger partial charge in [-0.15, -0.1) is 0 Å². The molecule has 0 saturated heterocycles. The van der Waals surface area contributed by atoms with Gasteiger partial charge in [-0.05, 0) is 30.0 Å². The summed E-state index contributed by atoms with van der Waals surface area (Å²) in [4.78, 5) is 10.5. The van der Waals surface area contributed by atoms with Gasteiger partial charge in [-0.25, -0.2) is 0 Å². The van der Waals surface area contributed by atoms with Gasteiger partial charge in [0.05, 0.1) is 13.0 Å². The molecule has 1 saturated carbocycles. The minimum atomic E-state index is -0.771. The largest absolute Gasteiger partial charge is 0.494 e. The molecule has 2 N–H and O–H groups in total. The highest BCUT2D eigenvalue weighted by Gasteiger charge is 2.13. The van der Waals surface area contributed by atoms with Crippen LogP contribution in [-0.4, -0.2) is 24.2 Å². The Morgan fingerprint density at radius 3 is 2.86 bits per heavy atom. The zero-order valence-electron chi connectivity index (χ0n) is 13.2. The molecule has 0 aliphatic heterocycles. The Hall–Kier alpha value is -1.55. The van der Waals surface area contributed by atoms with Gasteiger partial charge in [0, 0.05) is 13.1 Å². The van der Waals surface area contributed by atoms with Crippen LogP contribution in [0.3, 0.4) is 0 Å². The lowest BCUT2D eigenvalue weighted by Crippen LogP contribution is -2.17. The molecule has 0 spiro atoms. The third-order valence-corrected chi connectivity index (χ3v) is 4.26. The predicted octanol–water partition coefficient (Wildman–Crippen LogP) is 3.60. The van der Waals surface area contributed by atoms with Crippen LogP contribution >= 0.6 is 0 Å². The molecule has 0 heterocycles. The van der Waals surface area contributed by atoms with E-state index in [4.69, 9.17) is 9.84 Å². The molecule has 1 aromatic rings. The number of benzene rings is 1. The second-order valence-electron chi connectivity index (χ2n) is 6.11. The molecule has 1 aliphatic rings. The molecule has 0 unspecified atom stereocenters. The summed E-state index contributed by atoms with van der Waals surface area (Å²) in [6.07, 6.45) is 8.17. The number of aliphatic carboxylic acids is 1. The highest BCUT2D eigenvalue weighted by Crippen LogP contribution is 2.26. The zero-order valence-corrected chi connectivity index (χ0v) is 13.2. The standard InChI is InChI=1S/C18H27NO3/c20-18(21)9-11-19-14-16-7-4-8-17(13-16)22-12-10-15-5-2-1-3-6-15/h4,7-8,13,15,19H,1-3,5-6,9-12,14H2,(H,20,21). The van der Waals surface area contributed by atoms with E-state index >= 15 is 0 Å². The van der Waals surface area contributed by atoms with Crippen molar-refractivity contribution < 1.29 is 14.6 Å². The summed E-state index contributed by atoms with van der Waals surface area (Å²) in [5.74, 6) is 0.982. The molecule has 0 atom stereocenters. The van der Waals surface area contributed by atoms with Crippen molar-refractivity contribution in [2.75, 3.05) is 13.2 Å². The molecule has 1 fully saturated rings. The van der Waals surface area contributed by atoms with E-state index in [1.807, 2.05) is 24.3 Å². The van der Waals surface area contributed by atoms with Crippen molar-refractivity contribution in [1.29, 1.82) is 0 Å². The SMILES string of the molecule is O=C(O)CCNCc1cccc(OCCC2CCCCC2)c1. The first kappa shape index (κ1) is 16.8. The topological polar surface area (TPSA) is 58.6 Å². The van der Waals surface area contributed by atoms with Crippen LogP contribution in [0.5, 0.6) is 5.75 Å². The van der Waals surface area contributed by atoms with E-state index in [-0.39, 0.29) is 6.42 Å². The number of rotatable bonds is 9. The molecular weight excluding hydrogens is 278 g/mol. The van der Waals surface area contributed by atoms with Crippen molar-refractivity contribution in [3.8, 4) is 5.75 Å². The molecule has 4 heteroatoms. The van der Waals surface area contributed by atoms with Crippen LogP contribution in [0.2, 0.25) is 0 Å². The van der Waals surface area contributed by atoms with Gasteiger partial charge < -0.3 is 15.2 Å². The van der Waals surface area contributed by atoms with Crippen LogP contribution in [0.1, 0.15) is 50.5 Å². The third-order valence-electron chi connectivity index (χ3n) is 4.26. The van der Waals surface area contributed by atoms with Crippen molar-refractivity contribution >= 4 is 5.97 Å². The van der Waals surface area contributed by atoms with Crippen LogP contribution in [0.25, 0.3) is 0 Å². The third kappa shape index (κ3) is 6.48. The van der Waals surface area contributed by atoms with E-state index in [9.17, 15) is 4.79 Å². The molecule has 2 rings (SSSR count). The monoisotopic (exact) mass is 305 g/mol. The first-order chi connectivity index (χ1) is 10.7. The molecule has 4 nitrogen and oxygen atoms in total. The summed E-state index contributed by atoms with van der Waals surface area (Å²) < 4.78 is 5.87. The summed E-state index contributed by atoms with van der Waals surface area (Å²) in [6.45, 7) is 1.95. The molecule has 122 valence electrons. The Morgan fingerprint density at radius 2 is 2.09 bits per heavy atom. The molecule has 0 aromatic heterocycles. The Morgan fingerprint density at radius 1 is 1.27 bits per heavy atom. The van der Waals surface area contributed by atoms with E-state index < -0.39 is 5.97 Å². The second kappa shape index (κ2) is 9.46. The quantitative estimate of drug-likeness (QED) is 0.684. The first-order valence-electron chi connectivity index (χ1n) is 8.38. The fourth-order valence-electron chi connectivity index (χ4n) is 2.99. The van der Waals surface area contributed by atoms with Crippen LogP contribution in [0, 0.1) is 5.92 Å². The van der Waals surface area contributed by atoms with Gasteiger partial charge in [0.1, 0.15) is 5.75 Å². The highest BCUT2D eigenvalue weighted by molar-refractivity contribution is 5.66. The number of ether oxygens (including phenoxy) is 1. The van der Waals surface area contributed by atoms with Gasteiger partial charge in [0.25, 0.3) is 0 Å². The Balaban J connectivity index is 1.67. The lowest BCUT2D eigenvalue weighted by molar-refractivity contribution is -0.136. The van der Waals surface area contributed by atoms with Crippen LogP contribution in [0.15, 0.2) is 24.3 Å². The second-order valence-corrected chi connectivity index (χ2v) is 6.11. The summed E-state index contributed by atoms with van der Waals surface area (Å²) >= 11 is 0. The first-order valence-corrected chi connectivity index (χ1v) is 8.38. The van der Waals surface area contributed by atoms with Gasteiger partial charge in [-0.1, -0.05) is 44.2 Å². The summed E-state index contributed by atoms with van der Waals surface area (Å²) in [6, 6.07) is 8.04. The van der Waals surface area contributed by atoms with Crippen molar-refractivity contribution in [3.63, 3.8) is 0 Å². The van der Waals surface area contributed by atoms with E-state index in [0.717, 1.165) is 30.3 Å². The summed E-state index contributed by atoms with van der Waals surface area (Å²) in [5, 5.41) is 11.7. The fraction of sp³-hybridized carbons (Fsp3) is 0.611. The van der Waals surface area contributed by atoms with Crippen LogP contribution in [-0.2, 0) is 11.3 Å². The average molecular weight is 305 g/mol. The molecule has 0 radical (unpaired) electrons. The normalized spacial score (nSPS) is 15.6. The fourth-order valence-corrected chi connectivity index (χ4v) is 2.99. The molecule has 0 amide bonds. The molecule has 1 aliphatic carbocycles. The summed E-state index contributed by atoms with van der Waals surface area (Å²) in [7, 11) is 0. The molecule has 1 aromatic carbocycles. The number of hydrogen-bond acceptors (Lipinski definition) is 3. The summed E-state index contributed by atoms with van der Waals surface area (Å²) in [5.41, 5.74) is 1.13. The number of hydrogen-bond donors (Lipinski definition) is 2. The Kier molecular flexibility index (Phi) is 7.23. The molecule has 0 bridgehead atoms. The van der Waals surface area contributed by atoms with E-state index in [2.05, 4.69) is 5.32 Å². The van der Waals surface area contributed by atoms with Crippen molar-refractivity contribution in [1.82, 2.24) is 5.32 Å². The average Bonchev–Trinajstić information content (AvgIpc) is 2.53. The predicted molar refractivity (Wildman–Crippen MR) is 87.1 cm³/mol. The minimum absolute atomic E-state index is 0.150. The van der Waals surface area contributed by atoms with Crippen LogP contribution < -0.4 is 10.1 Å². The van der Waals surface area contributed by atoms with Gasteiger partial charge in [-0.3, -0.25) is 4.79 Å². The lowest BCUT2D eigenvalue weighted by atomic mass is 9.87. The van der Waals surface area contributed by atoms with Gasteiger partial charge in [-0.2, -0.15) is 0 Å². The number of carboxylic acid groups (broad SMARTS) is 1. The van der Waals surface area contributed by atoms with Crippen molar-refractivity contribution in [2.45, 2.75) is 51.5 Å². The van der Waals surface area contributed by atoms with E-state index in [0.29, 0.717) is 13.1 Å². The zero-order chi connectivity index (χ0) is 15.6.